The largest absolute Gasteiger partial charge is 0.466 e. The minimum atomic E-state index is -0.662. The Morgan fingerprint density at radius 2 is 0.566 bits per heavy atom. The van der Waals surface area contributed by atoms with Gasteiger partial charge in [-0.1, -0.05) is 392 Å². The highest BCUT2D eigenvalue weighted by atomic mass is 16.5. The summed E-state index contributed by atoms with van der Waals surface area (Å²) in [5.41, 5.74) is 0. The van der Waals surface area contributed by atoms with Crippen molar-refractivity contribution in [3.63, 3.8) is 0 Å². The molecular weight excluding hydrogens is 1020 g/mol. The number of hydrogen-bond acceptors (Lipinski definition) is 5. The predicted octanol–water partition coefficient (Wildman–Crippen LogP) is 25.1. The van der Waals surface area contributed by atoms with Gasteiger partial charge >= 0.3 is 5.97 Å². The van der Waals surface area contributed by atoms with Gasteiger partial charge in [0.2, 0.25) is 5.91 Å². The van der Waals surface area contributed by atoms with Crippen LogP contribution in [0.25, 0.3) is 0 Å². The lowest BCUT2D eigenvalue weighted by Gasteiger charge is -2.22. The van der Waals surface area contributed by atoms with Crippen LogP contribution in [-0.4, -0.2) is 47.4 Å². The second kappa shape index (κ2) is 73.1. The summed E-state index contributed by atoms with van der Waals surface area (Å²) < 4.78 is 5.49. The van der Waals surface area contributed by atoms with Crippen molar-refractivity contribution in [1.29, 1.82) is 0 Å². The lowest BCUT2D eigenvalue weighted by Crippen LogP contribution is -2.45. The molecule has 0 aliphatic carbocycles. The van der Waals surface area contributed by atoms with Gasteiger partial charge in [-0.2, -0.15) is 0 Å². The molecule has 494 valence electrons. The van der Waals surface area contributed by atoms with Crippen LogP contribution in [0.4, 0.5) is 0 Å². The van der Waals surface area contributed by atoms with Gasteiger partial charge in [0.15, 0.2) is 0 Å². The van der Waals surface area contributed by atoms with Crippen LogP contribution >= 0.6 is 0 Å². The molecule has 0 radical (unpaired) electrons. The van der Waals surface area contributed by atoms with Crippen LogP contribution in [0.15, 0.2) is 12.2 Å². The third kappa shape index (κ3) is 69.6. The van der Waals surface area contributed by atoms with Gasteiger partial charge in [0.05, 0.1) is 25.4 Å². The Kier molecular flexibility index (Phi) is 71.8. The molecule has 0 aliphatic rings. The number of hydrogen-bond donors (Lipinski definition) is 3. The van der Waals surface area contributed by atoms with Gasteiger partial charge in [0.1, 0.15) is 0 Å². The van der Waals surface area contributed by atoms with E-state index < -0.39 is 12.1 Å². The maximum atomic E-state index is 12.5. The number of nitrogens with one attached hydrogen (secondary N) is 1. The highest BCUT2D eigenvalue weighted by Crippen LogP contribution is 2.20. The Morgan fingerprint density at radius 3 is 0.855 bits per heavy atom. The van der Waals surface area contributed by atoms with Crippen molar-refractivity contribution >= 4 is 11.9 Å². The third-order valence-electron chi connectivity index (χ3n) is 18.3. The van der Waals surface area contributed by atoms with Crippen molar-refractivity contribution in [2.75, 3.05) is 13.2 Å². The van der Waals surface area contributed by atoms with E-state index in [0.29, 0.717) is 25.9 Å². The Bertz CT molecular complexity index is 1260. The van der Waals surface area contributed by atoms with E-state index in [4.69, 9.17) is 4.74 Å². The maximum absolute atomic E-state index is 12.5. The molecule has 2 atom stereocenters. The Labute approximate surface area is 520 Å². The maximum Gasteiger partial charge on any atom is 0.305 e. The number of aliphatic hydroxyl groups is 2. The van der Waals surface area contributed by atoms with Crippen molar-refractivity contribution < 1.29 is 24.5 Å². The number of rotatable bonds is 73. The van der Waals surface area contributed by atoms with Crippen LogP contribution in [0, 0.1) is 0 Å². The molecule has 0 rings (SSSR count). The van der Waals surface area contributed by atoms with E-state index in [0.717, 1.165) is 38.5 Å². The van der Waals surface area contributed by atoms with E-state index >= 15 is 0 Å². The van der Waals surface area contributed by atoms with E-state index in [-0.39, 0.29) is 18.5 Å². The zero-order valence-electron chi connectivity index (χ0n) is 56.7. The molecule has 1 amide bonds. The molecule has 0 aliphatic heterocycles. The summed E-state index contributed by atoms with van der Waals surface area (Å²) in [6, 6.07) is -0.538. The van der Waals surface area contributed by atoms with E-state index in [1.807, 2.05) is 0 Å². The fourth-order valence-corrected chi connectivity index (χ4v) is 12.5. The average Bonchev–Trinajstić information content (AvgIpc) is 3.49. The van der Waals surface area contributed by atoms with Crippen LogP contribution in [0.5, 0.6) is 0 Å². The van der Waals surface area contributed by atoms with Crippen molar-refractivity contribution in [1.82, 2.24) is 5.32 Å². The van der Waals surface area contributed by atoms with E-state index in [9.17, 15) is 19.8 Å². The van der Waals surface area contributed by atoms with Crippen molar-refractivity contribution in [3.8, 4) is 0 Å². The van der Waals surface area contributed by atoms with Crippen LogP contribution in [0.1, 0.15) is 444 Å². The molecule has 3 N–H and O–H groups in total. The number of allylic oxidation sites excluding steroid dienone is 2. The van der Waals surface area contributed by atoms with Gasteiger partial charge in [-0.25, -0.2) is 0 Å². The second-order valence-corrected chi connectivity index (χ2v) is 26.7. The fraction of sp³-hybridized carbons (Fsp3) is 0.948. The molecule has 0 aromatic heterocycles. The monoisotopic (exact) mass is 1170 g/mol. The second-order valence-electron chi connectivity index (χ2n) is 26.7. The summed E-state index contributed by atoms with van der Waals surface area (Å²) in [6.45, 7) is 5.01. The molecule has 0 aromatic carbocycles. The average molecular weight is 1170 g/mol. The van der Waals surface area contributed by atoms with Gasteiger partial charge in [-0.05, 0) is 51.4 Å². The van der Waals surface area contributed by atoms with Crippen LogP contribution in [0.2, 0.25) is 0 Å². The first-order valence-corrected chi connectivity index (χ1v) is 38.4. The Morgan fingerprint density at radius 1 is 0.325 bits per heavy atom. The molecule has 0 fully saturated rings. The molecule has 0 saturated heterocycles. The van der Waals surface area contributed by atoms with Gasteiger partial charge in [0, 0.05) is 12.8 Å². The molecule has 0 bridgehead atoms. The predicted molar refractivity (Wildman–Crippen MR) is 366 cm³/mol. The molecular formula is C77H151NO5. The van der Waals surface area contributed by atoms with E-state index in [1.165, 1.54) is 372 Å². The molecule has 83 heavy (non-hydrogen) atoms. The quantitative estimate of drug-likeness (QED) is 0.0320. The Hall–Kier alpha value is -1.40. The molecule has 0 saturated carbocycles. The lowest BCUT2D eigenvalue weighted by atomic mass is 10.0. The number of carbonyl (C=O) groups is 2. The lowest BCUT2D eigenvalue weighted by molar-refractivity contribution is -0.143. The summed E-state index contributed by atoms with van der Waals surface area (Å²) in [5.74, 6) is -0.00380. The van der Waals surface area contributed by atoms with Gasteiger partial charge in [-0.15, -0.1) is 0 Å². The van der Waals surface area contributed by atoms with Crippen molar-refractivity contribution in [3.05, 3.63) is 12.2 Å². The van der Waals surface area contributed by atoms with Crippen molar-refractivity contribution in [2.24, 2.45) is 0 Å². The molecule has 0 heterocycles. The molecule has 6 heteroatoms. The normalized spacial score (nSPS) is 12.5. The number of amides is 1. The summed E-state index contributed by atoms with van der Waals surface area (Å²) in [7, 11) is 0. The summed E-state index contributed by atoms with van der Waals surface area (Å²) in [6.07, 6.45) is 91.5. The van der Waals surface area contributed by atoms with Crippen LogP contribution < -0.4 is 5.32 Å². The minimum Gasteiger partial charge on any atom is -0.466 e. The first-order valence-electron chi connectivity index (χ1n) is 38.4. The van der Waals surface area contributed by atoms with Crippen LogP contribution in [-0.2, 0) is 14.3 Å². The van der Waals surface area contributed by atoms with Gasteiger partial charge < -0.3 is 20.3 Å². The zero-order chi connectivity index (χ0) is 59.9. The SMILES string of the molecule is CCCCCCCCCCCCCCCCCCCCC(O)C(CO)NC(=O)CCCCCCCCCCCCCCCCCCC/C=C\CCCCCCCCCCCCCCCCOC(=O)CCCCCCCCCCCCCCC. The smallest absolute Gasteiger partial charge is 0.305 e. The number of esters is 1. The third-order valence-corrected chi connectivity index (χ3v) is 18.3. The van der Waals surface area contributed by atoms with Gasteiger partial charge in [0.25, 0.3) is 0 Å². The molecule has 0 aromatic rings. The summed E-state index contributed by atoms with van der Waals surface area (Å²) in [4.78, 5) is 24.6. The molecule has 2 unspecified atom stereocenters. The molecule has 6 nitrogen and oxygen atoms in total. The number of unbranched alkanes of at least 4 members (excludes halogenated alkanes) is 60. The highest BCUT2D eigenvalue weighted by Gasteiger charge is 2.20. The first-order chi connectivity index (χ1) is 41.0. The Balaban J connectivity index is 3.33. The fourth-order valence-electron chi connectivity index (χ4n) is 12.5. The van der Waals surface area contributed by atoms with Crippen molar-refractivity contribution in [2.45, 2.75) is 456 Å². The van der Waals surface area contributed by atoms with Gasteiger partial charge in [-0.3, -0.25) is 9.59 Å². The number of ether oxygens (including phenoxy) is 1. The first kappa shape index (κ1) is 81.6. The van der Waals surface area contributed by atoms with Crippen LogP contribution in [0.3, 0.4) is 0 Å². The topological polar surface area (TPSA) is 95.9 Å². The summed E-state index contributed by atoms with van der Waals surface area (Å²) in [5, 5.41) is 23.4. The highest BCUT2D eigenvalue weighted by molar-refractivity contribution is 5.76. The molecule has 0 spiro atoms. The van der Waals surface area contributed by atoms with E-state index in [2.05, 4.69) is 31.3 Å². The standard InChI is InChI=1S/C77H151NO5/c1-3-5-7-9-11-13-15-17-18-19-39-42-46-49-53-57-61-65-69-75(80)74(73-79)78-76(81)70-66-62-58-54-50-47-43-40-37-35-33-31-29-27-25-23-21-20-22-24-26-28-30-32-34-36-38-41-44-48-52-56-60-64-68-72-83-77(82)71-67-63-59-55-51-45-16-14-12-10-8-6-4-2/h22,24,74-75,79-80H,3-21,23,25-73H2,1-2H3,(H,78,81)/b24-22-. The number of carbonyl (C=O) groups excluding carboxylic acids is 2. The van der Waals surface area contributed by atoms with E-state index in [1.54, 1.807) is 0 Å². The zero-order valence-corrected chi connectivity index (χ0v) is 56.7. The summed E-state index contributed by atoms with van der Waals surface area (Å²) >= 11 is 0. The number of aliphatic hydroxyl groups excluding tert-OH is 2. The minimum absolute atomic E-state index is 0.0228.